The number of fused-ring (bicyclic) bond motifs is 1. The fourth-order valence-electron chi connectivity index (χ4n) is 2.88. The highest BCUT2D eigenvalue weighted by molar-refractivity contribution is 6.30. The molecule has 4 rings (SSSR count). The van der Waals surface area contributed by atoms with Gasteiger partial charge in [-0.05, 0) is 29.8 Å². The Bertz CT molecular complexity index is 978. The lowest BCUT2D eigenvalue weighted by Crippen LogP contribution is -2.17. The number of pyridine rings is 2. The van der Waals surface area contributed by atoms with Crippen LogP contribution in [0.15, 0.2) is 47.3 Å². The minimum atomic E-state index is -0.459. The summed E-state index contributed by atoms with van der Waals surface area (Å²) >= 11 is 6.11. The molecule has 0 spiro atoms. The zero-order valence-electron chi connectivity index (χ0n) is 13.0. The lowest BCUT2D eigenvalue weighted by Gasteiger charge is -2.13. The molecule has 1 saturated heterocycles. The first-order valence-corrected chi connectivity index (χ1v) is 8.01. The molecule has 0 unspecified atom stereocenters. The summed E-state index contributed by atoms with van der Waals surface area (Å²) in [6, 6.07) is 12.7. The SMILES string of the molecule is Cn1c(=O)cc(-c2cccc(Cl)c2)c2nc(C3OCCO3)ccc21. The molecule has 2 aromatic heterocycles. The fourth-order valence-corrected chi connectivity index (χ4v) is 3.07. The van der Waals surface area contributed by atoms with Gasteiger partial charge >= 0.3 is 0 Å². The van der Waals surface area contributed by atoms with Crippen molar-refractivity contribution in [2.75, 3.05) is 13.2 Å². The molecule has 0 atom stereocenters. The Labute approximate surface area is 143 Å². The van der Waals surface area contributed by atoms with Crippen molar-refractivity contribution in [2.24, 2.45) is 7.05 Å². The van der Waals surface area contributed by atoms with Crippen LogP contribution in [0, 0.1) is 0 Å². The summed E-state index contributed by atoms with van der Waals surface area (Å²) in [6.45, 7) is 1.11. The van der Waals surface area contributed by atoms with E-state index in [2.05, 4.69) is 0 Å². The first-order chi connectivity index (χ1) is 11.6. The van der Waals surface area contributed by atoms with E-state index in [0.29, 0.717) is 23.9 Å². The Morgan fingerprint density at radius 2 is 1.96 bits per heavy atom. The monoisotopic (exact) mass is 342 g/mol. The summed E-state index contributed by atoms with van der Waals surface area (Å²) < 4.78 is 12.6. The van der Waals surface area contributed by atoms with Crippen LogP contribution >= 0.6 is 11.6 Å². The molecule has 1 aromatic carbocycles. The maximum atomic E-state index is 12.3. The molecule has 24 heavy (non-hydrogen) atoms. The zero-order chi connectivity index (χ0) is 16.7. The predicted octanol–water partition coefficient (Wildman–Crippen LogP) is 3.30. The molecule has 1 fully saturated rings. The van der Waals surface area contributed by atoms with Gasteiger partial charge in [0.05, 0.1) is 29.9 Å². The molecule has 6 heteroatoms. The van der Waals surface area contributed by atoms with Gasteiger partial charge in [0.2, 0.25) is 6.29 Å². The first-order valence-electron chi connectivity index (χ1n) is 7.63. The largest absolute Gasteiger partial charge is 0.345 e. The van der Waals surface area contributed by atoms with E-state index in [1.54, 1.807) is 23.7 Å². The molecule has 0 bridgehead atoms. The summed E-state index contributed by atoms with van der Waals surface area (Å²) in [5.41, 5.74) is 3.66. The van der Waals surface area contributed by atoms with Crippen molar-refractivity contribution in [1.82, 2.24) is 9.55 Å². The molecule has 5 nitrogen and oxygen atoms in total. The van der Waals surface area contributed by atoms with Gasteiger partial charge in [-0.15, -0.1) is 0 Å². The molecule has 0 amide bonds. The summed E-state index contributed by atoms with van der Waals surface area (Å²) in [5.74, 6) is 0. The number of aryl methyl sites for hydroxylation is 1. The molecular weight excluding hydrogens is 328 g/mol. The quantitative estimate of drug-likeness (QED) is 0.717. The van der Waals surface area contributed by atoms with Gasteiger partial charge in [-0.1, -0.05) is 23.7 Å². The zero-order valence-corrected chi connectivity index (χ0v) is 13.8. The van der Waals surface area contributed by atoms with Gasteiger partial charge in [-0.2, -0.15) is 0 Å². The van der Waals surface area contributed by atoms with Crippen LogP contribution in [0.25, 0.3) is 22.2 Å². The van der Waals surface area contributed by atoms with E-state index < -0.39 is 6.29 Å². The fraction of sp³-hybridized carbons (Fsp3) is 0.222. The van der Waals surface area contributed by atoms with E-state index in [4.69, 9.17) is 26.1 Å². The number of rotatable bonds is 2. The summed E-state index contributed by atoms with van der Waals surface area (Å²) in [5, 5.41) is 0.611. The number of hydrogen-bond donors (Lipinski definition) is 0. The van der Waals surface area contributed by atoms with Crippen LogP contribution in [0.4, 0.5) is 0 Å². The number of aromatic nitrogens is 2. The molecule has 3 heterocycles. The Morgan fingerprint density at radius 3 is 2.71 bits per heavy atom. The highest BCUT2D eigenvalue weighted by Gasteiger charge is 2.21. The Morgan fingerprint density at radius 1 is 1.17 bits per heavy atom. The van der Waals surface area contributed by atoms with Crippen molar-refractivity contribution < 1.29 is 9.47 Å². The molecule has 0 radical (unpaired) electrons. The lowest BCUT2D eigenvalue weighted by molar-refractivity contribution is -0.0470. The lowest BCUT2D eigenvalue weighted by atomic mass is 10.0. The van der Waals surface area contributed by atoms with E-state index in [9.17, 15) is 4.79 Å². The van der Waals surface area contributed by atoms with Crippen molar-refractivity contribution in [3.8, 4) is 11.1 Å². The van der Waals surface area contributed by atoms with E-state index >= 15 is 0 Å². The third-order valence-electron chi connectivity index (χ3n) is 4.11. The second-order valence-corrected chi connectivity index (χ2v) is 6.08. The van der Waals surface area contributed by atoms with Crippen molar-refractivity contribution in [3.05, 3.63) is 63.5 Å². The first kappa shape index (κ1) is 15.3. The van der Waals surface area contributed by atoms with Crippen LogP contribution in [0.5, 0.6) is 0 Å². The van der Waals surface area contributed by atoms with Gasteiger partial charge in [0.15, 0.2) is 0 Å². The molecule has 3 aromatic rings. The average molecular weight is 343 g/mol. The van der Waals surface area contributed by atoms with Gasteiger partial charge in [-0.3, -0.25) is 4.79 Å². The number of halogens is 1. The normalized spacial score (nSPS) is 15.2. The van der Waals surface area contributed by atoms with Crippen molar-refractivity contribution >= 4 is 22.6 Å². The molecule has 1 aliphatic heterocycles. The smallest absolute Gasteiger partial charge is 0.251 e. The summed E-state index contributed by atoms with van der Waals surface area (Å²) in [6.07, 6.45) is -0.459. The van der Waals surface area contributed by atoms with E-state index in [-0.39, 0.29) is 5.56 Å². The van der Waals surface area contributed by atoms with Crippen LogP contribution in [0.3, 0.4) is 0 Å². The van der Waals surface area contributed by atoms with Gasteiger partial charge in [0, 0.05) is 23.7 Å². The molecule has 0 N–H and O–H groups in total. The minimum Gasteiger partial charge on any atom is -0.345 e. The molecule has 0 saturated carbocycles. The number of hydrogen-bond acceptors (Lipinski definition) is 4. The van der Waals surface area contributed by atoms with E-state index in [0.717, 1.165) is 22.2 Å². The Balaban J connectivity index is 1.98. The standard InChI is InChI=1S/C18H15ClN2O3/c1-21-15-6-5-14(18-23-7-8-24-18)20-17(15)13(10-16(21)22)11-3-2-4-12(19)9-11/h2-6,9-10,18H,7-8H2,1H3. The van der Waals surface area contributed by atoms with E-state index in [1.165, 1.54) is 0 Å². The third kappa shape index (κ3) is 2.60. The van der Waals surface area contributed by atoms with Crippen molar-refractivity contribution in [2.45, 2.75) is 6.29 Å². The van der Waals surface area contributed by atoms with Crippen LogP contribution in [-0.2, 0) is 16.5 Å². The topological polar surface area (TPSA) is 53.4 Å². The Hall–Kier alpha value is -2.21. The van der Waals surface area contributed by atoms with Crippen molar-refractivity contribution in [1.29, 1.82) is 0 Å². The molecular formula is C18H15ClN2O3. The maximum Gasteiger partial charge on any atom is 0.251 e. The summed E-state index contributed by atoms with van der Waals surface area (Å²) in [7, 11) is 1.73. The Kier molecular flexibility index (Phi) is 3.84. The van der Waals surface area contributed by atoms with Gasteiger partial charge in [-0.25, -0.2) is 4.98 Å². The van der Waals surface area contributed by atoms with Crippen LogP contribution < -0.4 is 5.56 Å². The van der Waals surface area contributed by atoms with Crippen molar-refractivity contribution in [3.63, 3.8) is 0 Å². The van der Waals surface area contributed by atoms with Crippen LogP contribution in [0.1, 0.15) is 12.0 Å². The van der Waals surface area contributed by atoms with Crippen LogP contribution in [-0.4, -0.2) is 22.8 Å². The molecule has 1 aliphatic rings. The minimum absolute atomic E-state index is 0.0969. The molecule has 122 valence electrons. The highest BCUT2D eigenvalue weighted by Crippen LogP contribution is 2.30. The van der Waals surface area contributed by atoms with Gasteiger partial charge in [0.1, 0.15) is 0 Å². The van der Waals surface area contributed by atoms with E-state index in [1.807, 2.05) is 30.3 Å². The highest BCUT2D eigenvalue weighted by atomic mass is 35.5. The number of nitrogens with zero attached hydrogens (tertiary/aromatic N) is 2. The summed E-state index contributed by atoms with van der Waals surface area (Å²) in [4.78, 5) is 17.0. The average Bonchev–Trinajstić information content (AvgIpc) is 3.12. The second kappa shape index (κ2) is 6.02. The maximum absolute atomic E-state index is 12.3. The third-order valence-corrected chi connectivity index (χ3v) is 4.34. The molecule has 0 aliphatic carbocycles. The number of benzene rings is 1. The van der Waals surface area contributed by atoms with Gasteiger partial charge in [0.25, 0.3) is 5.56 Å². The second-order valence-electron chi connectivity index (χ2n) is 5.64. The predicted molar refractivity (Wildman–Crippen MR) is 92.1 cm³/mol. The van der Waals surface area contributed by atoms with Crippen LogP contribution in [0.2, 0.25) is 5.02 Å². The van der Waals surface area contributed by atoms with Gasteiger partial charge < -0.3 is 14.0 Å². The number of ether oxygens (including phenoxy) is 2.